The van der Waals surface area contributed by atoms with E-state index in [1.165, 1.54) is 0 Å². The number of nitrogens with zero attached hydrogens (tertiary/aromatic N) is 3. The van der Waals surface area contributed by atoms with Crippen molar-refractivity contribution in [2.75, 3.05) is 0 Å². The van der Waals surface area contributed by atoms with Crippen LogP contribution in [0.4, 0.5) is 0 Å². The molecule has 17 heavy (non-hydrogen) atoms. The predicted octanol–water partition coefficient (Wildman–Crippen LogP) is 1.35. The highest BCUT2D eigenvalue weighted by molar-refractivity contribution is 5.79. The van der Waals surface area contributed by atoms with Crippen LogP contribution in [-0.2, 0) is 11.3 Å². The van der Waals surface area contributed by atoms with Gasteiger partial charge in [0.25, 0.3) is 0 Å². The Labute approximate surface area is 99.8 Å². The van der Waals surface area contributed by atoms with Crippen molar-refractivity contribution in [1.29, 1.82) is 0 Å². The van der Waals surface area contributed by atoms with E-state index >= 15 is 0 Å². The fourth-order valence-electron chi connectivity index (χ4n) is 1.59. The van der Waals surface area contributed by atoms with Crippen LogP contribution >= 0.6 is 0 Å². The molecule has 5 nitrogen and oxygen atoms in total. The zero-order chi connectivity index (χ0) is 12.3. The Bertz CT molecular complexity index is 520. The summed E-state index contributed by atoms with van der Waals surface area (Å²) in [5, 5.41) is 10.9. The zero-order valence-corrected chi connectivity index (χ0v) is 10.1. The topological polar surface area (TPSA) is 59.8 Å². The van der Waals surface area contributed by atoms with Crippen LogP contribution in [-0.4, -0.2) is 26.9 Å². The molecule has 1 N–H and O–H groups in total. The number of fused-ring (bicyclic) bond motifs is 1. The lowest BCUT2D eigenvalue weighted by molar-refractivity contribution is -0.122. The van der Waals surface area contributed by atoms with Crippen molar-refractivity contribution in [3.63, 3.8) is 0 Å². The van der Waals surface area contributed by atoms with Gasteiger partial charge in [0.15, 0.2) is 0 Å². The summed E-state index contributed by atoms with van der Waals surface area (Å²) in [5.74, 6) is -0.0324. The highest BCUT2D eigenvalue weighted by Crippen LogP contribution is 2.09. The van der Waals surface area contributed by atoms with Crippen molar-refractivity contribution >= 4 is 16.9 Å². The normalized spacial score (nSPS) is 12.6. The molecule has 1 unspecified atom stereocenters. The molecule has 0 radical (unpaired) electrons. The molecule has 0 bridgehead atoms. The fraction of sp³-hybridized carbons (Fsp3) is 0.417. The van der Waals surface area contributed by atoms with E-state index in [1.807, 2.05) is 38.1 Å². The van der Waals surface area contributed by atoms with Gasteiger partial charge in [-0.25, -0.2) is 4.68 Å². The number of nitrogens with one attached hydrogen (secondary N) is 1. The highest BCUT2D eigenvalue weighted by atomic mass is 16.2. The van der Waals surface area contributed by atoms with E-state index in [4.69, 9.17) is 0 Å². The molecule has 2 rings (SSSR count). The summed E-state index contributed by atoms with van der Waals surface area (Å²) >= 11 is 0. The second kappa shape index (κ2) is 4.95. The summed E-state index contributed by atoms with van der Waals surface area (Å²) in [7, 11) is 0. The molecule has 1 aromatic heterocycles. The Balaban J connectivity index is 2.11. The van der Waals surface area contributed by atoms with E-state index in [2.05, 4.69) is 15.6 Å². The molecule has 2 aromatic rings. The van der Waals surface area contributed by atoms with Crippen LogP contribution in [0.15, 0.2) is 24.3 Å². The van der Waals surface area contributed by atoms with Crippen LogP contribution in [0.2, 0.25) is 0 Å². The van der Waals surface area contributed by atoms with E-state index in [-0.39, 0.29) is 18.5 Å². The second-order valence-electron chi connectivity index (χ2n) is 4.11. The van der Waals surface area contributed by atoms with Crippen molar-refractivity contribution in [2.45, 2.75) is 32.9 Å². The Hall–Kier alpha value is -1.91. The van der Waals surface area contributed by atoms with E-state index in [0.717, 1.165) is 17.5 Å². The van der Waals surface area contributed by atoms with E-state index in [9.17, 15) is 4.79 Å². The van der Waals surface area contributed by atoms with Crippen LogP contribution in [0, 0.1) is 0 Å². The molecule has 90 valence electrons. The third kappa shape index (κ3) is 2.61. The minimum Gasteiger partial charge on any atom is -0.352 e. The number of amides is 1. The monoisotopic (exact) mass is 232 g/mol. The molecule has 1 aromatic carbocycles. The van der Waals surface area contributed by atoms with E-state index in [0.29, 0.717) is 0 Å². The first-order chi connectivity index (χ1) is 8.20. The molecule has 1 amide bonds. The number of benzene rings is 1. The Morgan fingerprint density at radius 2 is 2.24 bits per heavy atom. The maximum Gasteiger partial charge on any atom is 0.242 e. The van der Waals surface area contributed by atoms with Gasteiger partial charge in [0.05, 0.1) is 5.52 Å². The SMILES string of the molecule is CCC(C)NC(=O)Cn1nnc2ccccc21. The average Bonchev–Trinajstić information content (AvgIpc) is 2.72. The van der Waals surface area contributed by atoms with Crippen LogP contribution in [0.25, 0.3) is 11.0 Å². The second-order valence-corrected chi connectivity index (χ2v) is 4.11. The van der Waals surface area contributed by atoms with Gasteiger partial charge in [-0.1, -0.05) is 24.3 Å². The molecule has 1 atom stereocenters. The number of hydrogen-bond acceptors (Lipinski definition) is 3. The quantitative estimate of drug-likeness (QED) is 0.865. The van der Waals surface area contributed by atoms with Gasteiger partial charge >= 0.3 is 0 Å². The third-order valence-electron chi connectivity index (χ3n) is 2.73. The number of aromatic nitrogens is 3. The maximum absolute atomic E-state index is 11.7. The van der Waals surface area contributed by atoms with E-state index in [1.54, 1.807) is 4.68 Å². The van der Waals surface area contributed by atoms with Gasteiger partial charge < -0.3 is 5.32 Å². The maximum atomic E-state index is 11.7. The van der Waals surface area contributed by atoms with Gasteiger partial charge in [0, 0.05) is 6.04 Å². The zero-order valence-electron chi connectivity index (χ0n) is 10.1. The molecule has 0 aliphatic rings. The van der Waals surface area contributed by atoms with Gasteiger partial charge in [-0.2, -0.15) is 0 Å². The minimum absolute atomic E-state index is 0.0324. The summed E-state index contributed by atoms with van der Waals surface area (Å²) in [4.78, 5) is 11.7. The number of rotatable bonds is 4. The lowest BCUT2D eigenvalue weighted by atomic mass is 10.2. The van der Waals surface area contributed by atoms with Crippen molar-refractivity contribution < 1.29 is 4.79 Å². The molecule has 0 aliphatic carbocycles. The van der Waals surface area contributed by atoms with Gasteiger partial charge in [-0.05, 0) is 25.5 Å². The van der Waals surface area contributed by atoms with Crippen LogP contribution in [0.1, 0.15) is 20.3 Å². The summed E-state index contributed by atoms with van der Waals surface area (Å²) in [6, 6.07) is 7.80. The van der Waals surface area contributed by atoms with Crippen molar-refractivity contribution in [2.24, 2.45) is 0 Å². The lowest BCUT2D eigenvalue weighted by Gasteiger charge is -2.11. The molecule has 0 fully saturated rings. The Morgan fingerprint density at radius 3 is 3.00 bits per heavy atom. The Morgan fingerprint density at radius 1 is 1.47 bits per heavy atom. The Kier molecular flexibility index (Phi) is 3.37. The van der Waals surface area contributed by atoms with Crippen LogP contribution < -0.4 is 5.32 Å². The van der Waals surface area contributed by atoms with Crippen molar-refractivity contribution in [3.05, 3.63) is 24.3 Å². The van der Waals surface area contributed by atoms with Gasteiger partial charge in [0.2, 0.25) is 5.91 Å². The predicted molar refractivity (Wildman–Crippen MR) is 65.4 cm³/mol. The first-order valence-corrected chi connectivity index (χ1v) is 5.78. The third-order valence-corrected chi connectivity index (χ3v) is 2.73. The average molecular weight is 232 g/mol. The number of para-hydroxylation sites is 1. The lowest BCUT2D eigenvalue weighted by Crippen LogP contribution is -2.34. The highest BCUT2D eigenvalue weighted by Gasteiger charge is 2.09. The molecule has 1 heterocycles. The van der Waals surface area contributed by atoms with Crippen LogP contribution in [0.3, 0.4) is 0 Å². The summed E-state index contributed by atoms with van der Waals surface area (Å²) in [6.07, 6.45) is 0.920. The number of carbonyl (C=O) groups excluding carboxylic acids is 1. The van der Waals surface area contributed by atoms with E-state index < -0.39 is 0 Å². The smallest absolute Gasteiger partial charge is 0.242 e. The van der Waals surface area contributed by atoms with Gasteiger partial charge in [0.1, 0.15) is 12.1 Å². The van der Waals surface area contributed by atoms with Crippen molar-refractivity contribution in [1.82, 2.24) is 20.3 Å². The van der Waals surface area contributed by atoms with Crippen LogP contribution in [0.5, 0.6) is 0 Å². The first kappa shape index (κ1) is 11.6. The molecule has 5 heteroatoms. The summed E-state index contributed by atoms with van der Waals surface area (Å²) < 4.78 is 1.62. The summed E-state index contributed by atoms with van der Waals surface area (Å²) in [6.45, 7) is 4.23. The van der Waals surface area contributed by atoms with Crippen molar-refractivity contribution in [3.8, 4) is 0 Å². The number of hydrogen-bond donors (Lipinski definition) is 1. The molecular weight excluding hydrogens is 216 g/mol. The van der Waals surface area contributed by atoms with Gasteiger partial charge in [-0.15, -0.1) is 5.10 Å². The molecular formula is C12H16N4O. The molecule has 0 spiro atoms. The standard InChI is InChI=1S/C12H16N4O/c1-3-9(2)13-12(17)8-16-11-7-5-4-6-10(11)14-15-16/h4-7,9H,3,8H2,1-2H3,(H,13,17). The fourth-order valence-corrected chi connectivity index (χ4v) is 1.59. The first-order valence-electron chi connectivity index (χ1n) is 5.78. The molecule has 0 aliphatic heterocycles. The van der Waals surface area contributed by atoms with Gasteiger partial charge in [-0.3, -0.25) is 4.79 Å². The largest absolute Gasteiger partial charge is 0.352 e. The molecule has 0 saturated carbocycles. The summed E-state index contributed by atoms with van der Waals surface area (Å²) in [5.41, 5.74) is 1.69. The minimum atomic E-state index is -0.0324. The molecule has 0 saturated heterocycles. The number of carbonyl (C=O) groups is 1.